The van der Waals surface area contributed by atoms with E-state index in [1.54, 1.807) is 0 Å². The van der Waals surface area contributed by atoms with Gasteiger partial charge in [0.1, 0.15) is 6.17 Å². The Bertz CT molecular complexity index is 160. The van der Waals surface area contributed by atoms with Crippen LogP contribution in [0.3, 0.4) is 0 Å². The number of halogens is 1. The van der Waals surface area contributed by atoms with Gasteiger partial charge in [-0.15, -0.1) is 0 Å². The molecular formula is C12H23FO2. The highest BCUT2D eigenvalue weighted by Gasteiger charge is 2.07. The van der Waals surface area contributed by atoms with Gasteiger partial charge in [-0.1, -0.05) is 39.0 Å². The molecule has 15 heavy (non-hydrogen) atoms. The Labute approximate surface area is 91.9 Å². The average Bonchev–Trinajstić information content (AvgIpc) is 2.17. The lowest BCUT2D eigenvalue weighted by atomic mass is 10.1. The van der Waals surface area contributed by atoms with Crippen LogP contribution in [0, 0.1) is 0 Å². The molecule has 0 aromatic heterocycles. The molecule has 0 aromatic carbocycles. The highest BCUT2D eigenvalue weighted by molar-refractivity contribution is 5.66. The summed E-state index contributed by atoms with van der Waals surface area (Å²) in [5.41, 5.74) is 0. The molecule has 0 aromatic rings. The zero-order chi connectivity index (χ0) is 11.5. The molecule has 0 aliphatic rings. The second kappa shape index (κ2) is 9.94. The molecule has 0 amide bonds. The number of alkyl halides is 1. The van der Waals surface area contributed by atoms with E-state index in [-0.39, 0.29) is 6.42 Å². The van der Waals surface area contributed by atoms with Crippen molar-refractivity contribution in [3.8, 4) is 0 Å². The summed E-state index contributed by atoms with van der Waals surface area (Å²) in [6.07, 6.45) is 6.43. The van der Waals surface area contributed by atoms with Gasteiger partial charge in [0.05, 0.1) is 0 Å². The molecule has 0 aliphatic carbocycles. The lowest BCUT2D eigenvalue weighted by Gasteiger charge is -2.06. The van der Waals surface area contributed by atoms with Gasteiger partial charge in [0.25, 0.3) is 0 Å². The van der Waals surface area contributed by atoms with Crippen LogP contribution in [0.15, 0.2) is 0 Å². The normalized spacial score (nSPS) is 12.7. The highest BCUT2D eigenvalue weighted by atomic mass is 19.1. The van der Waals surface area contributed by atoms with Crippen LogP contribution in [-0.2, 0) is 4.79 Å². The van der Waals surface area contributed by atoms with E-state index in [4.69, 9.17) is 5.11 Å². The van der Waals surface area contributed by atoms with Gasteiger partial charge in [-0.2, -0.15) is 0 Å². The van der Waals surface area contributed by atoms with Crippen molar-refractivity contribution in [1.82, 2.24) is 0 Å². The molecule has 2 nitrogen and oxygen atoms in total. The molecule has 0 radical (unpaired) electrons. The topological polar surface area (TPSA) is 37.3 Å². The molecule has 1 N–H and O–H groups in total. The van der Waals surface area contributed by atoms with Crippen LogP contribution < -0.4 is 0 Å². The fraction of sp³-hybridized carbons (Fsp3) is 0.917. The number of carbonyl (C=O) groups is 1. The predicted molar refractivity (Wildman–Crippen MR) is 59.8 cm³/mol. The Morgan fingerprint density at radius 1 is 1.13 bits per heavy atom. The van der Waals surface area contributed by atoms with Gasteiger partial charge >= 0.3 is 5.97 Å². The van der Waals surface area contributed by atoms with Crippen molar-refractivity contribution >= 4 is 5.97 Å². The Morgan fingerprint density at radius 2 is 1.73 bits per heavy atom. The second-order valence-electron chi connectivity index (χ2n) is 4.09. The van der Waals surface area contributed by atoms with Gasteiger partial charge in [-0.3, -0.25) is 4.79 Å². The minimum atomic E-state index is -0.829. The van der Waals surface area contributed by atoms with Gasteiger partial charge in [0, 0.05) is 6.42 Å². The van der Waals surface area contributed by atoms with E-state index in [1.807, 2.05) is 0 Å². The van der Waals surface area contributed by atoms with Gasteiger partial charge in [0.2, 0.25) is 0 Å². The summed E-state index contributed by atoms with van der Waals surface area (Å²) in [5.74, 6) is -0.829. The third-order valence-corrected chi connectivity index (χ3v) is 2.53. The van der Waals surface area contributed by atoms with Crippen LogP contribution in [-0.4, -0.2) is 17.2 Å². The molecule has 0 aliphatic heterocycles. The number of hydrogen-bond donors (Lipinski definition) is 1. The number of unbranched alkanes of at least 4 members (excludes halogenated alkanes) is 4. The zero-order valence-electron chi connectivity index (χ0n) is 9.67. The Hall–Kier alpha value is -0.600. The van der Waals surface area contributed by atoms with Gasteiger partial charge < -0.3 is 5.11 Å². The summed E-state index contributed by atoms with van der Waals surface area (Å²) in [4.78, 5) is 10.2. The predicted octanol–water partition coefficient (Wildman–Crippen LogP) is 3.94. The molecule has 90 valence electrons. The molecule has 0 heterocycles. The largest absolute Gasteiger partial charge is 0.481 e. The van der Waals surface area contributed by atoms with Crippen LogP contribution in [0.4, 0.5) is 4.39 Å². The van der Waals surface area contributed by atoms with Crippen molar-refractivity contribution in [2.45, 2.75) is 70.9 Å². The summed E-state index contributed by atoms with van der Waals surface area (Å²) >= 11 is 0. The molecule has 1 unspecified atom stereocenters. The number of hydrogen-bond acceptors (Lipinski definition) is 1. The third-order valence-electron chi connectivity index (χ3n) is 2.53. The smallest absolute Gasteiger partial charge is 0.303 e. The van der Waals surface area contributed by atoms with Crippen LogP contribution in [0.25, 0.3) is 0 Å². The molecule has 1 atom stereocenters. The van der Waals surface area contributed by atoms with Crippen LogP contribution in [0.2, 0.25) is 0 Å². The first kappa shape index (κ1) is 14.4. The Balaban J connectivity index is 3.18. The monoisotopic (exact) mass is 218 g/mol. The molecule has 3 heteroatoms. The number of aliphatic carboxylic acids is 1. The van der Waals surface area contributed by atoms with E-state index in [9.17, 15) is 9.18 Å². The summed E-state index contributed by atoms with van der Waals surface area (Å²) in [6, 6.07) is 0. The molecule has 0 bridgehead atoms. The zero-order valence-corrected chi connectivity index (χ0v) is 9.67. The minimum absolute atomic E-state index is 0.0935. The molecule has 0 fully saturated rings. The number of rotatable bonds is 10. The van der Waals surface area contributed by atoms with Crippen LogP contribution in [0.5, 0.6) is 0 Å². The fourth-order valence-corrected chi connectivity index (χ4v) is 1.59. The van der Waals surface area contributed by atoms with Crippen molar-refractivity contribution in [3.05, 3.63) is 0 Å². The van der Waals surface area contributed by atoms with Crippen molar-refractivity contribution in [2.24, 2.45) is 0 Å². The fourth-order valence-electron chi connectivity index (χ4n) is 1.59. The van der Waals surface area contributed by atoms with Crippen molar-refractivity contribution < 1.29 is 14.3 Å². The van der Waals surface area contributed by atoms with Gasteiger partial charge in [0.15, 0.2) is 0 Å². The summed E-state index contributed by atoms with van der Waals surface area (Å²) in [7, 11) is 0. The molecule has 0 saturated heterocycles. The molecule has 0 saturated carbocycles. The molecule has 0 spiro atoms. The lowest BCUT2D eigenvalue weighted by Crippen LogP contribution is -2.02. The van der Waals surface area contributed by atoms with E-state index < -0.39 is 12.1 Å². The third kappa shape index (κ3) is 11.3. The van der Waals surface area contributed by atoms with Crippen molar-refractivity contribution in [3.63, 3.8) is 0 Å². The standard InChI is InChI=1S/C12H23FO2/c1-2-3-4-5-6-8-11(13)9-7-10-12(14)15/h11H,2-10H2,1H3,(H,14,15). The Morgan fingerprint density at radius 3 is 2.33 bits per heavy atom. The average molecular weight is 218 g/mol. The number of carboxylic acid groups (broad SMARTS) is 1. The van der Waals surface area contributed by atoms with Crippen LogP contribution >= 0.6 is 0 Å². The summed E-state index contributed by atoms with van der Waals surface area (Å²) in [5, 5.41) is 8.38. The highest BCUT2D eigenvalue weighted by Crippen LogP contribution is 2.14. The maximum Gasteiger partial charge on any atom is 0.303 e. The van der Waals surface area contributed by atoms with E-state index in [1.165, 1.54) is 19.3 Å². The van der Waals surface area contributed by atoms with E-state index in [0.717, 1.165) is 12.8 Å². The maximum absolute atomic E-state index is 13.2. The summed E-state index contributed by atoms with van der Waals surface area (Å²) in [6.45, 7) is 2.16. The maximum atomic E-state index is 13.2. The quantitative estimate of drug-likeness (QED) is 0.564. The van der Waals surface area contributed by atoms with Crippen LogP contribution in [0.1, 0.15) is 64.7 Å². The first-order valence-corrected chi connectivity index (χ1v) is 6.02. The van der Waals surface area contributed by atoms with E-state index >= 15 is 0 Å². The molecule has 0 rings (SSSR count). The number of carboxylic acids is 1. The Kier molecular flexibility index (Phi) is 9.54. The first-order chi connectivity index (χ1) is 7.16. The molecular weight excluding hydrogens is 195 g/mol. The lowest BCUT2D eigenvalue weighted by molar-refractivity contribution is -0.137. The van der Waals surface area contributed by atoms with Crippen molar-refractivity contribution in [1.29, 1.82) is 0 Å². The van der Waals surface area contributed by atoms with Gasteiger partial charge in [-0.25, -0.2) is 4.39 Å². The van der Waals surface area contributed by atoms with Crippen molar-refractivity contribution in [2.75, 3.05) is 0 Å². The van der Waals surface area contributed by atoms with E-state index in [2.05, 4.69) is 6.92 Å². The first-order valence-electron chi connectivity index (χ1n) is 6.02. The SMILES string of the molecule is CCCCCCCC(F)CCCC(=O)O. The summed E-state index contributed by atoms with van der Waals surface area (Å²) < 4.78 is 13.2. The van der Waals surface area contributed by atoms with Gasteiger partial charge in [-0.05, 0) is 19.3 Å². The van der Waals surface area contributed by atoms with E-state index in [0.29, 0.717) is 19.3 Å². The minimum Gasteiger partial charge on any atom is -0.481 e. The second-order valence-corrected chi connectivity index (χ2v) is 4.09.